The lowest BCUT2D eigenvalue weighted by Crippen LogP contribution is -2.40. The lowest BCUT2D eigenvalue weighted by atomic mass is 9.90. The first-order valence-electron chi connectivity index (χ1n) is 9.57. The molecule has 2 heterocycles. The van der Waals surface area contributed by atoms with Crippen LogP contribution in [0.3, 0.4) is 0 Å². The minimum Gasteiger partial charge on any atom is -0.355 e. The van der Waals surface area contributed by atoms with Gasteiger partial charge in [0.2, 0.25) is 5.95 Å². The molecule has 0 unspecified atom stereocenters. The molecule has 5 heteroatoms. The van der Waals surface area contributed by atoms with Crippen molar-refractivity contribution < 1.29 is 4.79 Å². The van der Waals surface area contributed by atoms with Gasteiger partial charge >= 0.3 is 0 Å². The van der Waals surface area contributed by atoms with E-state index in [1.54, 1.807) is 12.4 Å². The van der Waals surface area contributed by atoms with Crippen LogP contribution in [0.5, 0.6) is 0 Å². The Hall–Kier alpha value is -2.43. The van der Waals surface area contributed by atoms with E-state index in [4.69, 9.17) is 0 Å². The largest absolute Gasteiger partial charge is 0.355 e. The van der Waals surface area contributed by atoms with Crippen molar-refractivity contribution in [3.05, 3.63) is 53.3 Å². The van der Waals surface area contributed by atoms with Crippen LogP contribution in [0.4, 0.5) is 5.95 Å². The van der Waals surface area contributed by atoms with Crippen LogP contribution in [0, 0.1) is 12.8 Å². The number of nitrogens with one attached hydrogen (secondary N) is 1. The highest BCUT2D eigenvalue weighted by atomic mass is 16.2. The van der Waals surface area contributed by atoms with E-state index in [1.807, 2.05) is 11.8 Å². The molecule has 1 N–H and O–H groups in total. The van der Waals surface area contributed by atoms with Crippen LogP contribution >= 0.6 is 0 Å². The van der Waals surface area contributed by atoms with Crippen molar-refractivity contribution >= 4 is 11.9 Å². The summed E-state index contributed by atoms with van der Waals surface area (Å²) in [6, 6.07) is 8.58. The van der Waals surface area contributed by atoms with E-state index < -0.39 is 0 Å². The van der Waals surface area contributed by atoms with Gasteiger partial charge in [0.25, 0.3) is 5.91 Å². The van der Waals surface area contributed by atoms with Gasteiger partial charge in [-0.25, -0.2) is 9.97 Å². The number of rotatable bonds is 6. The third-order valence-corrected chi connectivity index (χ3v) is 5.12. The van der Waals surface area contributed by atoms with Crippen LogP contribution < -0.4 is 5.32 Å². The van der Waals surface area contributed by atoms with E-state index >= 15 is 0 Å². The number of carbonyl (C=O) groups is 1. The predicted molar refractivity (Wildman–Crippen MR) is 104 cm³/mol. The van der Waals surface area contributed by atoms with Crippen molar-refractivity contribution in [1.29, 1.82) is 0 Å². The van der Waals surface area contributed by atoms with Crippen LogP contribution in [0.15, 0.2) is 36.7 Å². The number of carbonyl (C=O) groups excluding carboxylic acids is 1. The van der Waals surface area contributed by atoms with Crippen LogP contribution in [-0.2, 0) is 6.42 Å². The summed E-state index contributed by atoms with van der Waals surface area (Å²) in [6.07, 6.45) is 7.74. The smallest absolute Gasteiger partial charge is 0.257 e. The van der Waals surface area contributed by atoms with E-state index in [0.29, 0.717) is 17.4 Å². The second-order valence-corrected chi connectivity index (χ2v) is 7.05. The molecule has 1 saturated heterocycles. The second-order valence-electron chi connectivity index (χ2n) is 7.05. The summed E-state index contributed by atoms with van der Waals surface area (Å²) in [5.41, 5.74) is 3.35. The zero-order chi connectivity index (χ0) is 18.4. The Morgan fingerprint density at radius 2 is 2.04 bits per heavy atom. The average Bonchev–Trinajstić information content (AvgIpc) is 2.68. The van der Waals surface area contributed by atoms with Crippen molar-refractivity contribution in [2.24, 2.45) is 5.92 Å². The zero-order valence-electron chi connectivity index (χ0n) is 15.7. The molecule has 26 heavy (non-hydrogen) atoms. The molecule has 1 aliphatic rings. The third kappa shape index (κ3) is 4.59. The van der Waals surface area contributed by atoms with Gasteiger partial charge in [-0.05, 0) is 56.6 Å². The Morgan fingerprint density at radius 3 is 2.77 bits per heavy atom. The van der Waals surface area contributed by atoms with Crippen LogP contribution in [0.2, 0.25) is 0 Å². The fraction of sp³-hybridized carbons (Fsp3) is 0.476. The van der Waals surface area contributed by atoms with Crippen molar-refractivity contribution in [1.82, 2.24) is 14.9 Å². The SMILES string of the molecule is CCNc1ncc(C(=O)N2CCC[C@H](CCc3ccccc3C)C2)cn1. The number of hydrogen-bond acceptors (Lipinski definition) is 4. The number of benzene rings is 1. The maximum absolute atomic E-state index is 12.8. The van der Waals surface area contributed by atoms with E-state index in [0.717, 1.165) is 38.9 Å². The van der Waals surface area contributed by atoms with E-state index in [2.05, 4.69) is 46.5 Å². The number of aryl methyl sites for hydroxylation is 2. The van der Waals surface area contributed by atoms with E-state index in [1.165, 1.54) is 17.5 Å². The molecule has 3 rings (SSSR count). The Morgan fingerprint density at radius 1 is 1.27 bits per heavy atom. The molecular formula is C21H28N4O. The molecule has 1 aromatic carbocycles. The summed E-state index contributed by atoms with van der Waals surface area (Å²) in [4.78, 5) is 23.2. The molecule has 1 fully saturated rings. The monoisotopic (exact) mass is 352 g/mol. The number of piperidine rings is 1. The fourth-order valence-corrected chi connectivity index (χ4v) is 3.61. The van der Waals surface area contributed by atoms with E-state index in [9.17, 15) is 4.79 Å². The maximum Gasteiger partial charge on any atom is 0.257 e. The first kappa shape index (κ1) is 18.4. The Kier molecular flexibility index (Phi) is 6.21. The van der Waals surface area contributed by atoms with Crippen LogP contribution in [0.25, 0.3) is 0 Å². The molecule has 1 aromatic heterocycles. The molecule has 1 amide bonds. The summed E-state index contributed by atoms with van der Waals surface area (Å²) in [6.45, 7) is 6.59. The van der Waals surface area contributed by atoms with Crippen molar-refractivity contribution in [3.8, 4) is 0 Å². The quantitative estimate of drug-likeness (QED) is 0.861. The van der Waals surface area contributed by atoms with Gasteiger partial charge in [-0.15, -0.1) is 0 Å². The van der Waals surface area contributed by atoms with Gasteiger partial charge in [0, 0.05) is 32.0 Å². The summed E-state index contributed by atoms with van der Waals surface area (Å²) in [5.74, 6) is 1.18. The number of amides is 1. The molecule has 0 saturated carbocycles. The molecule has 0 radical (unpaired) electrons. The second kappa shape index (κ2) is 8.79. The van der Waals surface area contributed by atoms with Gasteiger partial charge in [0.05, 0.1) is 5.56 Å². The highest BCUT2D eigenvalue weighted by Crippen LogP contribution is 2.23. The number of nitrogens with zero attached hydrogens (tertiary/aromatic N) is 3. The van der Waals surface area contributed by atoms with Crippen molar-refractivity contribution in [2.45, 2.75) is 39.5 Å². The van der Waals surface area contributed by atoms with Gasteiger partial charge in [-0.2, -0.15) is 0 Å². The lowest BCUT2D eigenvalue weighted by molar-refractivity contribution is 0.0667. The van der Waals surface area contributed by atoms with Gasteiger partial charge in [0.15, 0.2) is 0 Å². The molecule has 2 aromatic rings. The maximum atomic E-state index is 12.8. The topological polar surface area (TPSA) is 58.1 Å². The molecule has 1 atom stereocenters. The first-order valence-corrected chi connectivity index (χ1v) is 9.57. The third-order valence-electron chi connectivity index (χ3n) is 5.12. The molecule has 0 aliphatic carbocycles. The van der Waals surface area contributed by atoms with E-state index in [-0.39, 0.29) is 5.91 Å². The number of likely N-dealkylation sites (tertiary alicyclic amines) is 1. The Labute approximate surface area is 155 Å². The van der Waals surface area contributed by atoms with Gasteiger partial charge in [-0.3, -0.25) is 4.79 Å². The van der Waals surface area contributed by atoms with Crippen LogP contribution in [0.1, 0.15) is 47.7 Å². The van der Waals surface area contributed by atoms with Gasteiger partial charge in [0.1, 0.15) is 0 Å². The Bertz CT molecular complexity index is 729. The molecule has 1 aliphatic heterocycles. The summed E-state index contributed by atoms with van der Waals surface area (Å²) >= 11 is 0. The summed E-state index contributed by atoms with van der Waals surface area (Å²) < 4.78 is 0. The molecule has 0 bridgehead atoms. The fourth-order valence-electron chi connectivity index (χ4n) is 3.61. The van der Waals surface area contributed by atoms with Gasteiger partial charge < -0.3 is 10.2 Å². The van der Waals surface area contributed by atoms with Gasteiger partial charge in [-0.1, -0.05) is 24.3 Å². The number of hydrogen-bond donors (Lipinski definition) is 1. The molecule has 138 valence electrons. The normalized spacial score (nSPS) is 17.2. The van der Waals surface area contributed by atoms with Crippen molar-refractivity contribution in [3.63, 3.8) is 0 Å². The molecule has 5 nitrogen and oxygen atoms in total. The molecular weight excluding hydrogens is 324 g/mol. The predicted octanol–water partition coefficient (Wildman–Crippen LogP) is 3.70. The van der Waals surface area contributed by atoms with Crippen molar-refractivity contribution in [2.75, 3.05) is 25.0 Å². The lowest BCUT2D eigenvalue weighted by Gasteiger charge is -2.33. The first-order chi connectivity index (χ1) is 12.7. The minimum absolute atomic E-state index is 0.0497. The highest BCUT2D eigenvalue weighted by Gasteiger charge is 2.24. The van der Waals surface area contributed by atoms with Crippen LogP contribution in [-0.4, -0.2) is 40.4 Å². The standard InChI is InChI=1S/C21H28N4O/c1-3-22-21-23-13-19(14-24-21)20(26)25-12-6-8-17(15-25)10-11-18-9-5-4-7-16(18)2/h4-5,7,9,13-14,17H,3,6,8,10-12,15H2,1-2H3,(H,22,23,24)/t17-/m1/s1. The summed E-state index contributed by atoms with van der Waals surface area (Å²) in [7, 11) is 0. The summed E-state index contributed by atoms with van der Waals surface area (Å²) in [5, 5.41) is 3.05. The minimum atomic E-state index is 0.0497. The average molecular weight is 352 g/mol. The Balaban J connectivity index is 1.57. The number of aromatic nitrogens is 2. The highest BCUT2D eigenvalue weighted by molar-refractivity contribution is 5.93. The molecule has 0 spiro atoms. The number of anilines is 1. The zero-order valence-corrected chi connectivity index (χ0v) is 15.7.